The van der Waals surface area contributed by atoms with Gasteiger partial charge in [0, 0.05) is 0 Å². The summed E-state index contributed by atoms with van der Waals surface area (Å²) in [7, 11) is 0. The standard InChI is InChI=1S/C4H6F3NO2S/c5-4(6,7)2(9)1-8-3(10)11/h2,9H,1H2,(H2,8,10,11). The summed E-state index contributed by atoms with van der Waals surface area (Å²) in [4.78, 5) is 9.95. The van der Waals surface area contributed by atoms with Crippen LogP contribution < -0.4 is 5.32 Å². The Balaban J connectivity index is 3.70. The van der Waals surface area contributed by atoms with Crippen molar-refractivity contribution in [3.05, 3.63) is 0 Å². The van der Waals surface area contributed by atoms with E-state index in [0.29, 0.717) is 0 Å². The highest BCUT2D eigenvalue weighted by atomic mass is 32.1. The lowest BCUT2D eigenvalue weighted by Gasteiger charge is -2.13. The van der Waals surface area contributed by atoms with E-state index >= 15 is 0 Å². The molecule has 2 N–H and O–H groups in total. The molecule has 7 heteroatoms. The molecule has 66 valence electrons. The normalized spacial score (nSPS) is 14.3. The molecule has 0 spiro atoms. The third-order valence-electron chi connectivity index (χ3n) is 0.824. The van der Waals surface area contributed by atoms with Crippen LogP contribution in [0.3, 0.4) is 0 Å². The largest absolute Gasteiger partial charge is 0.416 e. The minimum absolute atomic E-state index is 0.869. The summed E-state index contributed by atoms with van der Waals surface area (Å²) in [5, 5.41) is 9.06. The Morgan fingerprint density at radius 1 is 1.64 bits per heavy atom. The Bertz CT molecular complexity index is 149. The molecule has 0 aromatic heterocycles. The van der Waals surface area contributed by atoms with Crippen molar-refractivity contribution in [1.82, 2.24) is 5.32 Å². The van der Waals surface area contributed by atoms with Gasteiger partial charge in [-0.25, -0.2) is 0 Å². The molecule has 1 amide bonds. The number of rotatable bonds is 2. The maximum atomic E-state index is 11.5. The van der Waals surface area contributed by atoms with Gasteiger partial charge >= 0.3 is 6.18 Å². The average Bonchev–Trinajstić information content (AvgIpc) is 1.80. The van der Waals surface area contributed by atoms with Crippen LogP contribution in [0, 0.1) is 0 Å². The first-order chi connectivity index (χ1) is 4.84. The van der Waals surface area contributed by atoms with E-state index in [4.69, 9.17) is 5.11 Å². The molecule has 0 aromatic rings. The van der Waals surface area contributed by atoms with E-state index in [9.17, 15) is 18.0 Å². The Morgan fingerprint density at radius 2 is 2.09 bits per heavy atom. The maximum absolute atomic E-state index is 11.5. The molecule has 0 rings (SSSR count). The summed E-state index contributed by atoms with van der Waals surface area (Å²) in [6.45, 7) is -0.869. The summed E-state index contributed by atoms with van der Waals surface area (Å²) < 4.78 is 34.4. The van der Waals surface area contributed by atoms with Gasteiger partial charge in [-0.1, -0.05) is 12.6 Å². The fraction of sp³-hybridized carbons (Fsp3) is 0.750. The Labute approximate surface area is 66.0 Å². The van der Waals surface area contributed by atoms with Crippen molar-refractivity contribution >= 4 is 17.9 Å². The van der Waals surface area contributed by atoms with Crippen molar-refractivity contribution < 1.29 is 23.1 Å². The minimum Gasteiger partial charge on any atom is -0.382 e. The second kappa shape index (κ2) is 3.82. The third kappa shape index (κ3) is 4.91. The van der Waals surface area contributed by atoms with Crippen LogP contribution in [0.5, 0.6) is 0 Å². The van der Waals surface area contributed by atoms with Gasteiger partial charge in [-0.15, -0.1) is 0 Å². The second-order valence-electron chi connectivity index (χ2n) is 1.74. The van der Waals surface area contributed by atoms with Crippen LogP contribution in [0.4, 0.5) is 18.0 Å². The van der Waals surface area contributed by atoms with E-state index in [1.54, 1.807) is 5.32 Å². The number of hydrogen-bond acceptors (Lipinski definition) is 2. The van der Waals surface area contributed by atoms with E-state index in [-0.39, 0.29) is 0 Å². The number of carbonyl (C=O) groups excluding carboxylic acids is 1. The molecule has 0 aliphatic heterocycles. The van der Waals surface area contributed by atoms with Gasteiger partial charge in [-0.2, -0.15) is 13.2 Å². The highest BCUT2D eigenvalue weighted by Gasteiger charge is 2.37. The van der Waals surface area contributed by atoms with E-state index in [0.717, 1.165) is 0 Å². The van der Waals surface area contributed by atoms with Crippen molar-refractivity contribution in [3.8, 4) is 0 Å². The number of thiol groups is 1. The van der Waals surface area contributed by atoms with Crippen molar-refractivity contribution in [2.45, 2.75) is 12.3 Å². The number of amides is 1. The van der Waals surface area contributed by atoms with Gasteiger partial charge in [0.2, 0.25) is 0 Å². The second-order valence-corrected chi connectivity index (χ2v) is 2.15. The molecule has 0 bridgehead atoms. The van der Waals surface area contributed by atoms with Crippen molar-refractivity contribution in [2.75, 3.05) is 6.54 Å². The average molecular weight is 189 g/mol. The lowest BCUT2D eigenvalue weighted by atomic mass is 10.3. The highest BCUT2D eigenvalue weighted by Crippen LogP contribution is 2.19. The first-order valence-electron chi connectivity index (χ1n) is 2.55. The first-order valence-corrected chi connectivity index (χ1v) is 3.00. The predicted molar refractivity (Wildman–Crippen MR) is 34.4 cm³/mol. The molecule has 3 nitrogen and oxygen atoms in total. The summed E-state index contributed by atoms with van der Waals surface area (Å²) >= 11 is 3.14. The third-order valence-corrected chi connectivity index (χ3v) is 0.983. The van der Waals surface area contributed by atoms with Crippen LogP contribution in [-0.4, -0.2) is 29.2 Å². The monoisotopic (exact) mass is 189 g/mol. The quantitative estimate of drug-likeness (QED) is 0.555. The number of hydrogen-bond donors (Lipinski definition) is 3. The molecule has 0 radical (unpaired) electrons. The lowest BCUT2D eigenvalue weighted by Crippen LogP contribution is -2.39. The van der Waals surface area contributed by atoms with E-state index < -0.39 is 24.1 Å². The van der Waals surface area contributed by atoms with Gasteiger partial charge in [0.1, 0.15) is 0 Å². The van der Waals surface area contributed by atoms with Gasteiger partial charge in [-0.3, -0.25) is 4.79 Å². The zero-order valence-corrected chi connectivity index (χ0v) is 6.12. The highest BCUT2D eigenvalue weighted by molar-refractivity contribution is 7.96. The molecule has 0 aliphatic carbocycles. The molecule has 0 fully saturated rings. The molecule has 0 saturated carbocycles. The molecular formula is C4H6F3NO2S. The van der Waals surface area contributed by atoms with Gasteiger partial charge < -0.3 is 10.4 Å². The number of carbonyl (C=O) groups is 1. The van der Waals surface area contributed by atoms with E-state index in [2.05, 4.69) is 12.6 Å². The fourth-order valence-corrected chi connectivity index (χ4v) is 0.391. The molecule has 0 aliphatic rings. The van der Waals surface area contributed by atoms with Gasteiger partial charge in [0.15, 0.2) is 6.10 Å². The van der Waals surface area contributed by atoms with E-state index in [1.165, 1.54) is 0 Å². The summed E-state index contributed by atoms with van der Waals surface area (Å²) in [5.74, 6) is 0. The number of aliphatic hydroxyl groups excluding tert-OH is 1. The molecule has 0 aromatic carbocycles. The minimum atomic E-state index is -4.70. The van der Waals surface area contributed by atoms with Crippen LogP contribution in [0.15, 0.2) is 0 Å². The van der Waals surface area contributed by atoms with Crippen molar-refractivity contribution in [2.24, 2.45) is 0 Å². The van der Waals surface area contributed by atoms with Crippen LogP contribution in [0.2, 0.25) is 0 Å². The van der Waals surface area contributed by atoms with Crippen LogP contribution in [-0.2, 0) is 0 Å². The molecular weight excluding hydrogens is 183 g/mol. The Kier molecular flexibility index (Phi) is 3.67. The maximum Gasteiger partial charge on any atom is 0.416 e. The van der Waals surface area contributed by atoms with Gasteiger partial charge in [0.05, 0.1) is 6.54 Å². The van der Waals surface area contributed by atoms with Crippen molar-refractivity contribution in [3.63, 3.8) is 0 Å². The number of alkyl halides is 3. The number of aliphatic hydroxyl groups is 1. The fourth-order valence-electron chi connectivity index (χ4n) is 0.300. The van der Waals surface area contributed by atoms with E-state index in [1.807, 2.05) is 0 Å². The molecule has 0 heterocycles. The summed E-state index contributed by atoms with van der Waals surface area (Å²) in [6.07, 6.45) is -7.23. The molecule has 0 saturated heterocycles. The Hall–Kier alpha value is -0.430. The smallest absolute Gasteiger partial charge is 0.382 e. The lowest BCUT2D eigenvalue weighted by molar-refractivity contribution is -0.201. The molecule has 1 atom stereocenters. The Morgan fingerprint density at radius 3 is 2.36 bits per heavy atom. The summed E-state index contributed by atoms with van der Waals surface area (Å²) in [5.41, 5.74) is 0. The topological polar surface area (TPSA) is 49.3 Å². The van der Waals surface area contributed by atoms with Gasteiger partial charge in [-0.05, 0) is 0 Å². The van der Waals surface area contributed by atoms with Gasteiger partial charge in [0.25, 0.3) is 5.24 Å². The summed E-state index contributed by atoms with van der Waals surface area (Å²) in [6, 6.07) is 0. The number of nitrogens with one attached hydrogen (secondary N) is 1. The van der Waals surface area contributed by atoms with Crippen LogP contribution in [0.1, 0.15) is 0 Å². The molecule has 1 unspecified atom stereocenters. The predicted octanol–water partition coefficient (Wildman–Crippen LogP) is 0.549. The zero-order chi connectivity index (χ0) is 9.07. The zero-order valence-electron chi connectivity index (χ0n) is 5.22. The van der Waals surface area contributed by atoms with Crippen LogP contribution in [0.25, 0.3) is 0 Å². The van der Waals surface area contributed by atoms with Crippen LogP contribution >= 0.6 is 12.6 Å². The van der Waals surface area contributed by atoms with Crippen molar-refractivity contribution in [1.29, 1.82) is 0 Å². The SMILES string of the molecule is O=C(S)NCC(O)C(F)(F)F. The first kappa shape index (κ1) is 10.6. The number of halogens is 3. The molecule has 11 heavy (non-hydrogen) atoms.